The second-order valence-electron chi connectivity index (χ2n) is 5.38. The molecular formula is C13H19NO6. The number of likely N-dealkylation sites (tertiary alicyclic amines) is 1. The van der Waals surface area contributed by atoms with Gasteiger partial charge < -0.3 is 19.5 Å². The summed E-state index contributed by atoms with van der Waals surface area (Å²) in [7, 11) is 1.33. The molecular weight excluding hydrogens is 266 g/mol. The van der Waals surface area contributed by atoms with Gasteiger partial charge in [0.15, 0.2) is 6.10 Å². The van der Waals surface area contributed by atoms with Crippen molar-refractivity contribution < 1.29 is 29.0 Å². The minimum atomic E-state index is -1.04. The van der Waals surface area contributed by atoms with E-state index in [0.29, 0.717) is 25.9 Å². The molecule has 20 heavy (non-hydrogen) atoms. The molecule has 2 aliphatic rings. The molecule has 0 aromatic rings. The Labute approximate surface area is 116 Å². The Bertz CT molecular complexity index is 423. The van der Waals surface area contributed by atoms with Crippen LogP contribution in [0, 0.1) is 11.8 Å². The summed E-state index contributed by atoms with van der Waals surface area (Å²) in [5, 5.41) is 8.86. The number of hydrogen-bond donors (Lipinski definition) is 1. The summed E-state index contributed by atoms with van der Waals surface area (Å²) in [6.07, 6.45) is -0.862. The number of amides is 1. The second kappa shape index (κ2) is 5.78. The number of ether oxygens (including phenoxy) is 2. The number of carboxylic acid groups (broad SMARTS) is 1. The van der Waals surface area contributed by atoms with E-state index in [-0.39, 0.29) is 23.7 Å². The van der Waals surface area contributed by atoms with Crippen LogP contribution >= 0.6 is 0 Å². The lowest BCUT2D eigenvalue weighted by atomic mass is 9.99. The molecule has 2 saturated heterocycles. The largest absolute Gasteiger partial charge is 0.479 e. The quantitative estimate of drug-likeness (QED) is 0.727. The van der Waals surface area contributed by atoms with Crippen LogP contribution in [0.1, 0.15) is 19.8 Å². The number of carboxylic acids is 1. The Morgan fingerprint density at radius 2 is 1.85 bits per heavy atom. The van der Waals surface area contributed by atoms with Gasteiger partial charge in [-0.3, -0.25) is 9.59 Å². The van der Waals surface area contributed by atoms with Crippen molar-refractivity contribution in [2.24, 2.45) is 11.8 Å². The third-order valence-corrected chi connectivity index (χ3v) is 4.00. The topological polar surface area (TPSA) is 93.1 Å². The van der Waals surface area contributed by atoms with Crippen LogP contribution in [-0.2, 0) is 23.9 Å². The van der Waals surface area contributed by atoms with Crippen LogP contribution < -0.4 is 0 Å². The highest BCUT2D eigenvalue weighted by atomic mass is 16.5. The highest BCUT2D eigenvalue weighted by Crippen LogP contribution is 2.28. The van der Waals surface area contributed by atoms with Gasteiger partial charge in [-0.2, -0.15) is 0 Å². The Morgan fingerprint density at radius 1 is 1.20 bits per heavy atom. The first-order valence-electron chi connectivity index (χ1n) is 6.69. The maximum atomic E-state index is 12.3. The lowest BCUT2D eigenvalue weighted by molar-refractivity contribution is -0.154. The van der Waals surface area contributed by atoms with Gasteiger partial charge in [-0.1, -0.05) is 6.92 Å². The zero-order valence-corrected chi connectivity index (χ0v) is 11.6. The molecule has 4 unspecified atom stereocenters. The number of carbonyl (C=O) groups excluding carboxylic acids is 2. The van der Waals surface area contributed by atoms with Crippen molar-refractivity contribution in [3.05, 3.63) is 0 Å². The number of methoxy groups -OCH3 is 1. The number of rotatable bonds is 3. The van der Waals surface area contributed by atoms with Gasteiger partial charge in [-0.05, 0) is 18.8 Å². The Hall–Kier alpha value is -1.63. The zero-order chi connectivity index (χ0) is 14.9. The molecule has 0 saturated carbocycles. The molecule has 2 rings (SSSR count). The molecule has 0 aliphatic carbocycles. The van der Waals surface area contributed by atoms with E-state index >= 15 is 0 Å². The smallest absolute Gasteiger partial charge is 0.332 e. The van der Waals surface area contributed by atoms with E-state index in [9.17, 15) is 14.4 Å². The van der Waals surface area contributed by atoms with E-state index in [0.717, 1.165) is 0 Å². The fourth-order valence-electron chi connectivity index (χ4n) is 2.81. The molecule has 7 nitrogen and oxygen atoms in total. The van der Waals surface area contributed by atoms with Gasteiger partial charge in [0.05, 0.1) is 13.0 Å². The zero-order valence-electron chi connectivity index (χ0n) is 11.6. The fraction of sp³-hybridized carbons (Fsp3) is 0.769. The average Bonchev–Trinajstić information content (AvgIpc) is 3.03. The average molecular weight is 285 g/mol. The molecule has 4 atom stereocenters. The number of esters is 1. The Morgan fingerprint density at radius 3 is 2.40 bits per heavy atom. The third-order valence-electron chi connectivity index (χ3n) is 4.00. The van der Waals surface area contributed by atoms with Crippen molar-refractivity contribution in [2.75, 3.05) is 20.2 Å². The Kier molecular flexibility index (Phi) is 4.27. The molecule has 1 amide bonds. The van der Waals surface area contributed by atoms with Gasteiger partial charge in [0.2, 0.25) is 0 Å². The molecule has 0 aromatic heterocycles. The van der Waals surface area contributed by atoms with Crippen LogP contribution in [0.3, 0.4) is 0 Å². The molecule has 0 radical (unpaired) electrons. The lowest BCUT2D eigenvalue weighted by Crippen LogP contribution is -2.39. The van der Waals surface area contributed by atoms with Crippen LogP contribution in [0.4, 0.5) is 0 Å². The molecule has 0 aromatic carbocycles. The monoisotopic (exact) mass is 285 g/mol. The summed E-state index contributed by atoms with van der Waals surface area (Å²) in [5.74, 6) is -1.87. The maximum Gasteiger partial charge on any atom is 0.332 e. The van der Waals surface area contributed by atoms with E-state index < -0.39 is 18.2 Å². The third kappa shape index (κ3) is 2.77. The van der Waals surface area contributed by atoms with Crippen molar-refractivity contribution >= 4 is 17.8 Å². The van der Waals surface area contributed by atoms with Crippen molar-refractivity contribution in [3.63, 3.8) is 0 Å². The van der Waals surface area contributed by atoms with E-state index in [2.05, 4.69) is 0 Å². The van der Waals surface area contributed by atoms with Crippen molar-refractivity contribution in [3.8, 4) is 0 Å². The molecule has 0 bridgehead atoms. The van der Waals surface area contributed by atoms with Crippen molar-refractivity contribution in [2.45, 2.75) is 32.0 Å². The predicted molar refractivity (Wildman–Crippen MR) is 66.8 cm³/mol. The second-order valence-corrected chi connectivity index (χ2v) is 5.38. The van der Waals surface area contributed by atoms with Gasteiger partial charge >= 0.3 is 11.9 Å². The minimum absolute atomic E-state index is 0.0306. The standard InChI is InChI=1S/C13H19NO6/c1-7-5-14(6-8(7)13(18)19-2)11(15)9-3-4-10(20-9)12(16)17/h7-10H,3-6H2,1-2H3,(H,16,17). The van der Waals surface area contributed by atoms with Gasteiger partial charge in [0, 0.05) is 13.1 Å². The van der Waals surface area contributed by atoms with Gasteiger partial charge in [0.25, 0.3) is 5.91 Å². The fourth-order valence-corrected chi connectivity index (χ4v) is 2.81. The summed E-state index contributed by atoms with van der Waals surface area (Å²) >= 11 is 0. The van der Waals surface area contributed by atoms with Gasteiger partial charge in [-0.25, -0.2) is 4.79 Å². The molecule has 2 aliphatic heterocycles. The van der Waals surface area contributed by atoms with Gasteiger partial charge in [0.1, 0.15) is 6.10 Å². The SMILES string of the molecule is COC(=O)C1CN(C(=O)C2CCC(C(=O)O)O2)CC1C. The van der Waals surface area contributed by atoms with E-state index in [1.54, 1.807) is 4.90 Å². The summed E-state index contributed by atoms with van der Waals surface area (Å²) in [6.45, 7) is 2.67. The molecule has 2 fully saturated rings. The Balaban J connectivity index is 1.95. The van der Waals surface area contributed by atoms with Crippen LogP contribution in [0.5, 0.6) is 0 Å². The van der Waals surface area contributed by atoms with Crippen molar-refractivity contribution in [1.82, 2.24) is 4.90 Å². The lowest BCUT2D eigenvalue weighted by Gasteiger charge is -2.20. The summed E-state index contributed by atoms with van der Waals surface area (Å²) < 4.78 is 9.97. The van der Waals surface area contributed by atoms with Crippen LogP contribution in [0.25, 0.3) is 0 Å². The highest BCUT2D eigenvalue weighted by molar-refractivity contribution is 5.84. The highest BCUT2D eigenvalue weighted by Gasteiger charge is 2.42. The number of aliphatic carboxylic acids is 1. The van der Waals surface area contributed by atoms with E-state index in [1.807, 2.05) is 6.92 Å². The molecule has 2 heterocycles. The molecule has 0 spiro atoms. The van der Waals surface area contributed by atoms with E-state index in [1.165, 1.54) is 7.11 Å². The molecule has 112 valence electrons. The van der Waals surface area contributed by atoms with E-state index in [4.69, 9.17) is 14.6 Å². The van der Waals surface area contributed by atoms with Crippen LogP contribution in [0.2, 0.25) is 0 Å². The summed E-state index contributed by atoms with van der Waals surface area (Å²) in [4.78, 5) is 36.2. The summed E-state index contributed by atoms with van der Waals surface area (Å²) in [6, 6.07) is 0. The maximum absolute atomic E-state index is 12.3. The van der Waals surface area contributed by atoms with Gasteiger partial charge in [-0.15, -0.1) is 0 Å². The van der Waals surface area contributed by atoms with Crippen LogP contribution in [0.15, 0.2) is 0 Å². The minimum Gasteiger partial charge on any atom is -0.479 e. The van der Waals surface area contributed by atoms with Crippen molar-refractivity contribution in [1.29, 1.82) is 0 Å². The predicted octanol–water partition coefficient (Wildman–Crippen LogP) is -0.114. The normalized spacial score (nSPS) is 33.2. The summed E-state index contributed by atoms with van der Waals surface area (Å²) in [5.41, 5.74) is 0. The first-order valence-corrected chi connectivity index (χ1v) is 6.69. The molecule has 1 N–H and O–H groups in total. The first kappa shape index (κ1) is 14.8. The number of carbonyl (C=O) groups is 3. The molecule has 7 heteroatoms. The van der Waals surface area contributed by atoms with Crippen LogP contribution in [-0.4, -0.2) is 60.3 Å². The number of nitrogens with zero attached hydrogens (tertiary/aromatic N) is 1. The number of hydrogen-bond acceptors (Lipinski definition) is 5. The first-order chi connectivity index (χ1) is 9.43.